The summed E-state index contributed by atoms with van der Waals surface area (Å²) in [5.74, 6) is -0.178. The minimum Gasteiger partial charge on any atom is -0.344 e. The molecule has 1 saturated heterocycles. The van der Waals surface area contributed by atoms with Gasteiger partial charge in [-0.25, -0.2) is 0 Å². The van der Waals surface area contributed by atoms with Crippen LogP contribution in [0.25, 0.3) is 0 Å². The van der Waals surface area contributed by atoms with Gasteiger partial charge in [-0.15, -0.1) is 0 Å². The van der Waals surface area contributed by atoms with Crippen LogP contribution in [0.3, 0.4) is 0 Å². The second-order valence-corrected chi connectivity index (χ2v) is 5.33. The standard InChI is InChI=1S/C12H18N4O2/c1-16-10(17)7-8(15-16)11(18)14-12-4-2-3-9(12)13-6-5-12/h7,9,13,15H,2-6H2,1H3,(H,14,18). The Balaban J connectivity index is 1.80. The minimum atomic E-state index is -0.190. The van der Waals surface area contributed by atoms with Gasteiger partial charge in [0.25, 0.3) is 11.5 Å². The summed E-state index contributed by atoms with van der Waals surface area (Å²) in [5.41, 5.74) is 0.0451. The van der Waals surface area contributed by atoms with Crippen LogP contribution < -0.4 is 16.2 Å². The highest BCUT2D eigenvalue weighted by Gasteiger charge is 2.47. The first-order chi connectivity index (χ1) is 8.61. The van der Waals surface area contributed by atoms with E-state index in [9.17, 15) is 9.59 Å². The van der Waals surface area contributed by atoms with Crippen molar-refractivity contribution in [3.05, 3.63) is 22.1 Å². The van der Waals surface area contributed by atoms with Crippen LogP contribution in [0.1, 0.15) is 36.2 Å². The number of H-pyrrole nitrogens is 1. The number of carbonyl (C=O) groups excluding carboxylic acids is 1. The molecule has 98 valence electrons. The third-order valence-electron chi connectivity index (χ3n) is 4.24. The van der Waals surface area contributed by atoms with Gasteiger partial charge in [0.1, 0.15) is 5.69 Å². The number of aromatic nitrogens is 2. The molecule has 1 saturated carbocycles. The van der Waals surface area contributed by atoms with E-state index in [-0.39, 0.29) is 17.0 Å². The van der Waals surface area contributed by atoms with Gasteiger partial charge in [-0.3, -0.25) is 19.4 Å². The molecule has 0 radical (unpaired) electrons. The Morgan fingerprint density at radius 3 is 3.11 bits per heavy atom. The van der Waals surface area contributed by atoms with Gasteiger partial charge < -0.3 is 10.6 Å². The summed E-state index contributed by atoms with van der Waals surface area (Å²) in [7, 11) is 1.60. The van der Waals surface area contributed by atoms with Crippen LogP contribution in [0.4, 0.5) is 0 Å². The van der Waals surface area contributed by atoms with Gasteiger partial charge in [0, 0.05) is 19.2 Å². The highest BCUT2D eigenvalue weighted by Crippen LogP contribution is 2.36. The molecule has 1 amide bonds. The molecule has 0 bridgehead atoms. The van der Waals surface area contributed by atoms with Crippen molar-refractivity contribution in [2.45, 2.75) is 37.3 Å². The SMILES string of the molecule is Cn1[nH]c(C(=O)NC23CCCC2NCC3)cc1=O. The lowest BCUT2D eigenvalue weighted by Crippen LogP contribution is -2.52. The average Bonchev–Trinajstić information content (AvgIpc) is 2.94. The molecule has 6 nitrogen and oxygen atoms in total. The lowest BCUT2D eigenvalue weighted by atomic mass is 9.93. The molecule has 1 aromatic rings. The van der Waals surface area contributed by atoms with Crippen molar-refractivity contribution in [3.8, 4) is 0 Å². The summed E-state index contributed by atoms with van der Waals surface area (Å²) in [6.45, 7) is 0.955. The quantitative estimate of drug-likeness (QED) is 0.676. The molecule has 0 spiro atoms. The predicted octanol–water partition coefficient (Wildman–Crippen LogP) is -0.272. The van der Waals surface area contributed by atoms with E-state index in [2.05, 4.69) is 15.7 Å². The first-order valence-corrected chi connectivity index (χ1v) is 6.43. The summed E-state index contributed by atoms with van der Waals surface area (Å²) < 4.78 is 1.31. The third kappa shape index (κ3) is 1.68. The number of aryl methyl sites for hydroxylation is 1. The Morgan fingerprint density at radius 2 is 2.39 bits per heavy atom. The average molecular weight is 250 g/mol. The number of aromatic amines is 1. The number of hydrogen-bond donors (Lipinski definition) is 3. The van der Waals surface area contributed by atoms with E-state index in [1.165, 1.54) is 10.7 Å². The van der Waals surface area contributed by atoms with Gasteiger partial charge in [0.2, 0.25) is 0 Å². The molecule has 18 heavy (non-hydrogen) atoms. The van der Waals surface area contributed by atoms with Crippen LogP contribution in [-0.4, -0.2) is 33.8 Å². The highest BCUT2D eigenvalue weighted by molar-refractivity contribution is 5.92. The number of rotatable bonds is 2. The molecule has 2 fully saturated rings. The number of carbonyl (C=O) groups is 1. The minimum absolute atomic E-state index is 0.107. The molecular formula is C12H18N4O2. The monoisotopic (exact) mass is 250 g/mol. The van der Waals surface area contributed by atoms with Gasteiger partial charge in [-0.2, -0.15) is 0 Å². The van der Waals surface area contributed by atoms with E-state index in [0.717, 1.165) is 32.2 Å². The fourth-order valence-corrected chi connectivity index (χ4v) is 3.25. The number of nitrogens with one attached hydrogen (secondary N) is 3. The first-order valence-electron chi connectivity index (χ1n) is 6.43. The smallest absolute Gasteiger partial charge is 0.269 e. The van der Waals surface area contributed by atoms with Crippen LogP contribution in [0.15, 0.2) is 10.9 Å². The van der Waals surface area contributed by atoms with E-state index < -0.39 is 0 Å². The Kier molecular flexibility index (Phi) is 2.55. The maximum Gasteiger partial charge on any atom is 0.269 e. The summed E-state index contributed by atoms with van der Waals surface area (Å²) in [6.07, 6.45) is 4.25. The fraction of sp³-hybridized carbons (Fsp3) is 0.667. The highest BCUT2D eigenvalue weighted by atomic mass is 16.2. The Hall–Kier alpha value is -1.56. The molecule has 2 heterocycles. The van der Waals surface area contributed by atoms with E-state index >= 15 is 0 Å². The van der Waals surface area contributed by atoms with Crippen LogP contribution in [0.2, 0.25) is 0 Å². The van der Waals surface area contributed by atoms with Crippen LogP contribution in [-0.2, 0) is 7.05 Å². The van der Waals surface area contributed by atoms with Gasteiger partial charge in [-0.1, -0.05) is 0 Å². The molecule has 1 aliphatic heterocycles. The van der Waals surface area contributed by atoms with Crippen LogP contribution >= 0.6 is 0 Å². The van der Waals surface area contributed by atoms with Crippen molar-refractivity contribution < 1.29 is 4.79 Å². The summed E-state index contributed by atoms with van der Waals surface area (Å²) in [5, 5.41) is 9.33. The zero-order valence-corrected chi connectivity index (χ0v) is 10.5. The molecule has 1 aliphatic carbocycles. The Labute approximate surface area is 105 Å². The lowest BCUT2D eigenvalue weighted by molar-refractivity contribution is 0.0892. The first kappa shape index (κ1) is 11.5. The molecule has 3 N–H and O–H groups in total. The largest absolute Gasteiger partial charge is 0.344 e. The summed E-state index contributed by atoms with van der Waals surface area (Å²) in [4.78, 5) is 23.5. The van der Waals surface area contributed by atoms with Gasteiger partial charge in [0.15, 0.2) is 0 Å². The summed E-state index contributed by atoms with van der Waals surface area (Å²) in [6, 6.07) is 1.73. The number of nitrogens with zero attached hydrogens (tertiary/aromatic N) is 1. The molecule has 2 aliphatic rings. The van der Waals surface area contributed by atoms with Crippen molar-refractivity contribution >= 4 is 5.91 Å². The number of hydrogen-bond acceptors (Lipinski definition) is 3. The van der Waals surface area contributed by atoms with Crippen molar-refractivity contribution in [3.63, 3.8) is 0 Å². The molecule has 2 unspecified atom stereocenters. The van der Waals surface area contributed by atoms with E-state index in [1.807, 2.05) is 0 Å². The van der Waals surface area contributed by atoms with E-state index in [0.29, 0.717) is 11.7 Å². The Bertz CT molecular complexity index is 520. The van der Waals surface area contributed by atoms with E-state index in [4.69, 9.17) is 0 Å². The zero-order valence-electron chi connectivity index (χ0n) is 10.5. The van der Waals surface area contributed by atoms with Crippen LogP contribution in [0.5, 0.6) is 0 Å². The molecule has 1 aromatic heterocycles. The van der Waals surface area contributed by atoms with Gasteiger partial charge in [0.05, 0.1) is 5.54 Å². The normalized spacial score (nSPS) is 30.4. The second kappa shape index (κ2) is 3.98. The molecule has 0 aromatic carbocycles. The second-order valence-electron chi connectivity index (χ2n) is 5.33. The molecule has 2 atom stereocenters. The van der Waals surface area contributed by atoms with E-state index in [1.54, 1.807) is 7.05 Å². The topological polar surface area (TPSA) is 78.9 Å². The lowest BCUT2D eigenvalue weighted by Gasteiger charge is -2.29. The molecule has 6 heteroatoms. The number of fused-ring (bicyclic) bond motifs is 1. The molecular weight excluding hydrogens is 232 g/mol. The van der Waals surface area contributed by atoms with Gasteiger partial charge in [-0.05, 0) is 32.2 Å². The number of amides is 1. The zero-order chi connectivity index (χ0) is 12.8. The molecule has 3 rings (SSSR count). The predicted molar refractivity (Wildman–Crippen MR) is 66.5 cm³/mol. The van der Waals surface area contributed by atoms with Crippen molar-refractivity contribution in [1.29, 1.82) is 0 Å². The van der Waals surface area contributed by atoms with Crippen molar-refractivity contribution in [1.82, 2.24) is 20.4 Å². The van der Waals surface area contributed by atoms with Crippen molar-refractivity contribution in [2.75, 3.05) is 6.54 Å². The third-order valence-corrected chi connectivity index (χ3v) is 4.24. The fourth-order valence-electron chi connectivity index (χ4n) is 3.25. The van der Waals surface area contributed by atoms with Crippen LogP contribution in [0, 0.1) is 0 Å². The summed E-state index contributed by atoms with van der Waals surface area (Å²) >= 11 is 0. The maximum atomic E-state index is 12.2. The van der Waals surface area contributed by atoms with Crippen molar-refractivity contribution in [2.24, 2.45) is 7.05 Å². The maximum absolute atomic E-state index is 12.2. The Morgan fingerprint density at radius 1 is 1.56 bits per heavy atom. The van der Waals surface area contributed by atoms with Gasteiger partial charge >= 0.3 is 0 Å².